The fourth-order valence-corrected chi connectivity index (χ4v) is 3.67. The van der Waals surface area contributed by atoms with Crippen LogP contribution in [0.1, 0.15) is 56.1 Å². The maximum absolute atomic E-state index is 12.2. The zero-order valence-electron chi connectivity index (χ0n) is 14.5. The first-order valence-corrected chi connectivity index (χ1v) is 9.01. The number of nitrogens with zero attached hydrogens (tertiary/aromatic N) is 2. The minimum atomic E-state index is -0.462. The molecule has 1 aliphatic heterocycles. The number of ether oxygens (including phenoxy) is 1. The summed E-state index contributed by atoms with van der Waals surface area (Å²) in [5, 5.41) is 1.11. The Morgan fingerprint density at radius 1 is 1.26 bits per heavy atom. The first-order valence-electron chi connectivity index (χ1n) is 8.19. The van der Waals surface area contributed by atoms with Crippen LogP contribution in [-0.4, -0.2) is 40.5 Å². The summed E-state index contributed by atoms with van der Waals surface area (Å²) < 4.78 is 5.45. The van der Waals surface area contributed by atoms with Crippen molar-refractivity contribution in [1.82, 2.24) is 9.88 Å². The van der Waals surface area contributed by atoms with Crippen LogP contribution in [0.2, 0.25) is 0 Å². The van der Waals surface area contributed by atoms with Crippen molar-refractivity contribution in [2.24, 2.45) is 0 Å². The molecule has 0 saturated heterocycles. The van der Waals surface area contributed by atoms with Crippen molar-refractivity contribution in [2.45, 2.75) is 65.4 Å². The first-order chi connectivity index (χ1) is 10.7. The molecule has 0 fully saturated rings. The number of Topliss-reactive ketones (excluding diaryl/α,β-unsaturated/α-hetero) is 1. The maximum Gasteiger partial charge on any atom is 0.410 e. The summed E-state index contributed by atoms with van der Waals surface area (Å²) in [5.41, 5.74) is 0.648. The van der Waals surface area contributed by atoms with Crippen LogP contribution in [0.25, 0.3) is 0 Å². The minimum absolute atomic E-state index is 0.233. The molecule has 23 heavy (non-hydrogen) atoms. The van der Waals surface area contributed by atoms with Crippen molar-refractivity contribution in [3.63, 3.8) is 0 Å². The fraction of sp³-hybridized carbons (Fsp3) is 0.706. The Hall–Kier alpha value is -1.43. The van der Waals surface area contributed by atoms with E-state index in [0.717, 1.165) is 36.4 Å². The van der Waals surface area contributed by atoms with Gasteiger partial charge in [-0.2, -0.15) is 0 Å². The second kappa shape index (κ2) is 7.43. The monoisotopic (exact) mass is 338 g/mol. The molecule has 2 rings (SSSR count). The highest BCUT2D eigenvalue weighted by Gasteiger charge is 2.25. The van der Waals surface area contributed by atoms with Gasteiger partial charge in [0.1, 0.15) is 11.4 Å². The molecule has 5 nitrogen and oxygen atoms in total. The van der Waals surface area contributed by atoms with Gasteiger partial charge in [-0.15, -0.1) is 11.3 Å². The van der Waals surface area contributed by atoms with Crippen LogP contribution in [0.5, 0.6) is 0 Å². The lowest BCUT2D eigenvalue weighted by Crippen LogP contribution is -2.38. The average molecular weight is 338 g/mol. The van der Waals surface area contributed by atoms with Gasteiger partial charge in [0, 0.05) is 37.2 Å². The third kappa shape index (κ3) is 5.61. The molecule has 1 aromatic rings. The van der Waals surface area contributed by atoms with Crippen molar-refractivity contribution in [2.75, 3.05) is 13.1 Å². The van der Waals surface area contributed by atoms with Gasteiger partial charge in [0.05, 0.1) is 10.7 Å². The lowest BCUT2D eigenvalue weighted by Gasteiger charge is -2.26. The highest BCUT2D eigenvalue weighted by Crippen LogP contribution is 2.25. The molecule has 0 unspecified atom stereocenters. The fourth-order valence-electron chi connectivity index (χ4n) is 2.52. The lowest BCUT2D eigenvalue weighted by atomic mass is 10.2. The highest BCUT2D eigenvalue weighted by atomic mass is 32.1. The molecule has 128 valence electrons. The number of amides is 1. The second-order valence-corrected chi connectivity index (χ2v) is 8.17. The molecule has 0 spiro atoms. The molecule has 0 radical (unpaired) electrons. The van der Waals surface area contributed by atoms with Gasteiger partial charge in [-0.05, 0) is 40.5 Å². The van der Waals surface area contributed by atoms with Gasteiger partial charge in [-0.1, -0.05) is 0 Å². The number of thiazole rings is 1. The van der Waals surface area contributed by atoms with Crippen molar-refractivity contribution >= 4 is 23.2 Å². The summed E-state index contributed by atoms with van der Waals surface area (Å²) in [4.78, 5) is 30.9. The smallest absolute Gasteiger partial charge is 0.410 e. The van der Waals surface area contributed by atoms with Crippen LogP contribution in [0.4, 0.5) is 4.79 Å². The summed E-state index contributed by atoms with van der Waals surface area (Å²) in [6, 6.07) is 0. The Morgan fingerprint density at radius 3 is 2.61 bits per heavy atom. The largest absolute Gasteiger partial charge is 0.444 e. The Morgan fingerprint density at radius 2 is 1.96 bits per heavy atom. The van der Waals surface area contributed by atoms with Crippen LogP contribution in [-0.2, 0) is 28.8 Å². The molecule has 0 aromatic carbocycles. The number of hydrogen-bond acceptors (Lipinski definition) is 5. The SMILES string of the molecule is CC(=O)CCCc1nc2c(s1)CCN(C(=O)OC(C)(C)C)CC2. The van der Waals surface area contributed by atoms with Crippen LogP contribution in [0, 0.1) is 0 Å². The third-order valence-electron chi connectivity index (χ3n) is 3.62. The van der Waals surface area contributed by atoms with Gasteiger partial charge in [0.25, 0.3) is 0 Å². The molecular weight excluding hydrogens is 312 g/mol. The summed E-state index contributed by atoms with van der Waals surface area (Å²) in [7, 11) is 0. The normalized spacial score (nSPS) is 15.0. The van der Waals surface area contributed by atoms with Gasteiger partial charge in [-0.25, -0.2) is 9.78 Å². The van der Waals surface area contributed by atoms with E-state index in [-0.39, 0.29) is 11.9 Å². The molecule has 0 N–H and O–H groups in total. The molecule has 0 bridgehead atoms. The predicted molar refractivity (Wildman–Crippen MR) is 90.9 cm³/mol. The van der Waals surface area contributed by atoms with Crippen LogP contribution in [0.15, 0.2) is 0 Å². The van der Waals surface area contributed by atoms with Crippen LogP contribution < -0.4 is 0 Å². The zero-order chi connectivity index (χ0) is 17.0. The van der Waals surface area contributed by atoms with E-state index < -0.39 is 5.60 Å². The second-order valence-electron chi connectivity index (χ2n) is 7.00. The molecule has 6 heteroatoms. The number of aromatic nitrogens is 1. The predicted octanol–water partition coefficient (Wildman–Crippen LogP) is 3.39. The van der Waals surface area contributed by atoms with E-state index in [0.29, 0.717) is 19.5 Å². The van der Waals surface area contributed by atoms with Crippen LogP contribution in [0.3, 0.4) is 0 Å². The van der Waals surface area contributed by atoms with Crippen molar-refractivity contribution < 1.29 is 14.3 Å². The van der Waals surface area contributed by atoms with E-state index in [1.807, 2.05) is 20.8 Å². The Bertz CT molecular complexity index is 549. The third-order valence-corrected chi connectivity index (χ3v) is 4.84. The van der Waals surface area contributed by atoms with Crippen LogP contribution >= 0.6 is 11.3 Å². The molecular formula is C17H26N2O3S. The minimum Gasteiger partial charge on any atom is -0.444 e. The van der Waals surface area contributed by atoms with Crippen molar-refractivity contribution in [3.05, 3.63) is 15.6 Å². The van der Waals surface area contributed by atoms with E-state index >= 15 is 0 Å². The topological polar surface area (TPSA) is 59.5 Å². The number of ketones is 1. The molecule has 2 heterocycles. The summed E-state index contributed by atoms with van der Waals surface area (Å²) in [6.07, 6.45) is 3.72. The molecule has 0 aliphatic carbocycles. The Balaban J connectivity index is 1.91. The van der Waals surface area contributed by atoms with E-state index in [1.54, 1.807) is 23.2 Å². The maximum atomic E-state index is 12.2. The molecule has 0 atom stereocenters. The quantitative estimate of drug-likeness (QED) is 0.844. The Kier molecular flexibility index (Phi) is 5.79. The first kappa shape index (κ1) is 17.9. The number of carbonyl (C=O) groups excluding carboxylic acids is 2. The van der Waals surface area contributed by atoms with Crippen molar-refractivity contribution in [3.8, 4) is 0 Å². The number of rotatable bonds is 4. The number of hydrogen-bond donors (Lipinski definition) is 0. The lowest BCUT2D eigenvalue weighted by molar-refractivity contribution is -0.117. The summed E-state index contributed by atoms with van der Waals surface area (Å²) in [6.45, 7) is 8.61. The molecule has 1 amide bonds. The number of aryl methyl sites for hydroxylation is 1. The molecule has 1 aliphatic rings. The van der Waals surface area contributed by atoms with Gasteiger partial charge >= 0.3 is 6.09 Å². The molecule has 1 aromatic heterocycles. The molecule has 0 saturated carbocycles. The summed E-state index contributed by atoms with van der Waals surface area (Å²) >= 11 is 1.73. The number of fused-ring (bicyclic) bond motifs is 1. The van der Waals surface area contributed by atoms with E-state index in [2.05, 4.69) is 0 Å². The standard InChI is InChI=1S/C17H26N2O3S/c1-12(20)6-5-7-15-18-13-8-10-19(11-9-14(13)23-15)16(21)22-17(2,3)4/h5-11H2,1-4H3. The zero-order valence-corrected chi connectivity index (χ0v) is 15.3. The van der Waals surface area contributed by atoms with E-state index in [4.69, 9.17) is 9.72 Å². The van der Waals surface area contributed by atoms with E-state index in [9.17, 15) is 9.59 Å². The number of carbonyl (C=O) groups is 2. The van der Waals surface area contributed by atoms with Crippen molar-refractivity contribution in [1.29, 1.82) is 0 Å². The van der Waals surface area contributed by atoms with Gasteiger partial charge in [0.2, 0.25) is 0 Å². The summed E-state index contributed by atoms with van der Waals surface area (Å²) in [5.74, 6) is 0.233. The Labute approximate surface area is 142 Å². The van der Waals surface area contributed by atoms with Gasteiger partial charge in [-0.3, -0.25) is 0 Å². The average Bonchev–Trinajstić information content (AvgIpc) is 2.68. The van der Waals surface area contributed by atoms with Gasteiger partial charge < -0.3 is 14.4 Å². The van der Waals surface area contributed by atoms with Gasteiger partial charge in [0.15, 0.2) is 0 Å². The highest BCUT2D eigenvalue weighted by molar-refractivity contribution is 7.11. The van der Waals surface area contributed by atoms with E-state index in [1.165, 1.54) is 4.88 Å².